The molecule has 0 aliphatic carbocycles. The second-order valence-corrected chi connectivity index (χ2v) is 9.93. The van der Waals surface area contributed by atoms with Crippen LogP contribution >= 0.6 is 0 Å². The van der Waals surface area contributed by atoms with Gasteiger partial charge in [-0.15, -0.1) is 0 Å². The molecule has 2 aromatic carbocycles. The van der Waals surface area contributed by atoms with Gasteiger partial charge in [-0.3, -0.25) is 14.4 Å². The Balaban J connectivity index is 1.35. The zero-order valence-corrected chi connectivity index (χ0v) is 21.3. The molecule has 1 amide bonds. The Morgan fingerprint density at radius 2 is 1.78 bits per heavy atom. The first-order valence-electron chi connectivity index (χ1n) is 12.4. The van der Waals surface area contributed by atoms with E-state index in [1.165, 1.54) is 5.56 Å². The van der Waals surface area contributed by atoms with Gasteiger partial charge in [-0.05, 0) is 36.7 Å². The van der Waals surface area contributed by atoms with E-state index in [0.29, 0.717) is 24.7 Å². The van der Waals surface area contributed by atoms with E-state index >= 15 is 0 Å². The Labute approximate surface area is 212 Å². The molecule has 2 aromatic heterocycles. The van der Waals surface area contributed by atoms with Gasteiger partial charge >= 0.3 is 0 Å². The van der Waals surface area contributed by atoms with Gasteiger partial charge in [-0.25, -0.2) is 9.97 Å². The van der Waals surface area contributed by atoms with Gasteiger partial charge < -0.3 is 4.90 Å². The van der Waals surface area contributed by atoms with Gasteiger partial charge in [0.05, 0.1) is 25.7 Å². The summed E-state index contributed by atoms with van der Waals surface area (Å²) >= 11 is 0. The fourth-order valence-corrected chi connectivity index (χ4v) is 4.55. The highest BCUT2D eigenvalue weighted by Crippen LogP contribution is 2.33. The van der Waals surface area contributed by atoms with E-state index in [0.717, 1.165) is 46.7 Å². The van der Waals surface area contributed by atoms with Gasteiger partial charge in [0.25, 0.3) is 0 Å². The van der Waals surface area contributed by atoms with Gasteiger partial charge in [-0.2, -0.15) is 5.10 Å². The topological polar surface area (TPSA) is 67.2 Å². The van der Waals surface area contributed by atoms with Crippen LogP contribution in [-0.4, -0.2) is 51.2 Å². The molecule has 0 atom stereocenters. The summed E-state index contributed by atoms with van der Waals surface area (Å²) in [4.78, 5) is 26.3. The lowest BCUT2D eigenvalue weighted by Gasteiger charge is -2.18. The highest BCUT2D eigenvalue weighted by atomic mass is 16.2. The molecular weight excluding hydrogens is 448 g/mol. The SMILES string of the molecule is CC(C)c1ccccc1-c1ncc2c(n1)N(Cc1ccc(-c3cnn(CCN(C)C)c3)cc1)C(=O)C2. The van der Waals surface area contributed by atoms with Gasteiger partial charge in [0.1, 0.15) is 5.82 Å². The fraction of sp³-hybridized carbons (Fsp3) is 0.310. The van der Waals surface area contributed by atoms with Crippen molar-refractivity contribution in [2.45, 2.75) is 39.3 Å². The maximum absolute atomic E-state index is 12.9. The molecule has 7 nitrogen and oxygen atoms in total. The maximum atomic E-state index is 12.9. The lowest BCUT2D eigenvalue weighted by molar-refractivity contribution is -0.117. The monoisotopic (exact) mass is 480 g/mol. The Morgan fingerprint density at radius 3 is 2.53 bits per heavy atom. The van der Waals surface area contributed by atoms with Crippen LogP contribution in [0.15, 0.2) is 67.1 Å². The predicted molar refractivity (Wildman–Crippen MR) is 143 cm³/mol. The molecule has 0 N–H and O–H groups in total. The number of nitrogens with zero attached hydrogens (tertiary/aromatic N) is 6. The number of likely N-dealkylation sites (N-methyl/N-ethyl adjacent to an activating group) is 1. The number of amides is 1. The van der Waals surface area contributed by atoms with Crippen LogP contribution in [0.25, 0.3) is 22.5 Å². The minimum atomic E-state index is 0.0554. The Bertz CT molecular complexity index is 1370. The van der Waals surface area contributed by atoms with E-state index in [2.05, 4.69) is 85.5 Å². The zero-order chi connectivity index (χ0) is 25.2. The molecule has 5 rings (SSSR count). The molecular formula is C29H32N6O. The van der Waals surface area contributed by atoms with Crippen molar-refractivity contribution in [3.05, 3.63) is 83.8 Å². The predicted octanol–water partition coefficient (Wildman–Crippen LogP) is 4.78. The summed E-state index contributed by atoms with van der Waals surface area (Å²) in [6.07, 6.45) is 6.12. The summed E-state index contributed by atoms with van der Waals surface area (Å²) in [6.45, 7) is 6.62. The lowest BCUT2D eigenvalue weighted by Crippen LogP contribution is -2.26. The van der Waals surface area contributed by atoms with Gasteiger partial charge in [0, 0.05) is 35.6 Å². The minimum absolute atomic E-state index is 0.0554. The van der Waals surface area contributed by atoms with E-state index in [1.54, 1.807) is 4.90 Å². The summed E-state index contributed by atoms with van der Waals surface area (Å²) in [5, 5.41) is 4.48. The smallest absolute Gasteiger partial charge is 0.233 e. The van der Waals surface area contributed by atoms with Crippen LogP contribution in [0.2, 0.25) is 0 Å². The van der Waals surface area contributed by atoms with Crippen molar-refractivity contribution in [3.8, 4) is 22.5 Å². The third-order valence-electron chi connectivity index (χ3n) is 6.60. The number of carbonyl (C=O) groups is 1. The number of aromatic nitrogens is 4. The summed E-state index contributed by atoms with van der Waals surface area (Å²) < 4.78 is 1.97. The third kappa shape index (κ3) is 4.93. The molecule has 1 aliphatic rings. The first kappa shape index (κ1) is 23.9. The van der Waals surface area contributed by atoms with Crippen LogP contribution in [0.5, 0.6) is 0 Å². The van der Waals surface area contributed by atoms with Crippen LogP contribution < -0.4 is 4.90 Å². The third-order valence-corrected chi connectivity index (χ3v) is 6.60. The van der Waals surface area contributed by atoms with Gasteiger partial charge in [-0.1, -0.05) is 62.4 Å². The quantitative estimate of drug-likeness (QED) is 0.363. The number of hydrogen-bond acceptors (Lipinski definition) is 5. The molecule has 184 valence electrons. The van der Waals surface area contributed by atoms with E-state index < -0.39 is 0 Å². The number of hydrogen-bond donors (Lipinski definition) is 0. The normalized spacial score (nSPS) is 13.2. The largest absolute Gasteiger partial charge is 0.308 e. The highest BCUT2D eigenvalue weighted by molar-refractivity contribution is 6.00. The number of anilines is 1. The molecule has 1 aliphatic heterocycles. The molecule has 0 fully saturated rings. The maximum Gasteiger partial charge on any atom is 0.233 e. The van der Waals surface area contributed by atoms with Crippen molar-refractivity contribution in [1.82, 2.24) is 24.6 Å². The molecule has 0 unspecified atom stereocenters. The number of benzene rings is 2. The van der Waals surface area contributed by atoms with Crippen molar-refractivity contribution in [2.24, 2.45) is 0 Å². The average Bonchev–Trinajstić information content (AvgIpc) is 3.47. The van der Waals surface area contributed by atoms with Crippen molar-refractivity contribution in [1.29, 1.82) is 0 Å². The first-order chi connectivity index (χ1) is 17.4. The first-order valence-corrected chi connectivity index (χ1v) is 12.4. The molecule has 7 heteroatoms. The van der Waals surface area contributed by atoms with E-state index in [-0.39, 0.29) is 5.91 Å². The average molecular weight is 481 g/mol. The van der Waals surface area contributed by atoms with Crippen LogP contribution in [0, 0.1) is 0 Å². The Kier molecular flexibility index (Phi) is 6.65. The minimum Gasteiger partial charge on any atom is -0.308 e. The molecule has 36 heavy (non-hydrogen) atoms. The summed E-state index contributed by atoms with van der Waals surface area (Å²) in [5.41, 5.74) is 6.36. The van der Waals surface area contributed by atoms with E-state index in [1.807, 2.05) is 29.2 Å². The molecule has 0 saturated heterocycles. The van der Waals surface area contributed by atoms with Crippen LogP contribution in [0.4, 0.5) is 5.82 Å². The molecule has 0 radical (unpaired) electrons. The molecule has 0 bridgehead atoms. The second-order valence-electron chi connectivity index (χ2n) is 9.93. The summed E-state index contributed by atoms with van der Waals surface area (Å²) in [5.74, 6) is 1.79. The Morgan fingerprint density at radius 1 is 1.00 bits per heavy atom. The zero-order valence-electron chi connectivity index (χ0n) is 21.3. The Hall–Kier alpha value is -3.84. The molecule has 0 saturated carbocycles. The highest BCUT2D eigenvalue weighted by Gasteiger charge is 2.30. The lowest BCUT2D eigenvalue weighted by atomic mass is 9.97. The standard InChI is InChI=1S/C29H32N6O/c1-20(2)25-7-5-6-8-26(25)28-30-16-23-15-27(36)35(29(23)32-28)18-21-9-11-22(12-10-21)24-17-31-34(19-24)14-13-33(3)4/h5-12,16-17,19-20H,13-15,18H2,1-4H3. The number of rotatable bonds is 8. The van der Waals surface area contributed by atoms with Crippen molar-refractivity contribution < 1.29 is 4.79 Å². The van der Waals surface area contributed by atoms with E-state index in [4.69, 9.17) is 4.98 Å². The van der Waals surface area contributed by atoms with Crippen LogP contribution in [0.1, 0.15) is 36.5 Å². The number of carbonyl (C=O) groups excluding carboxylic acids is 1. The van der Waals surface area contributed by atoms with Crippen molar-refractivity contribution in [3.63, 3.8) is 0 Å². The molecule has 3 heterocycles. The summed E-state index contributed by atoms with van der Waals surface area (Å²) in [7, 11) is 4.12. The van der Waals surface area contributed by atoms with E-state index in [9.17, 15) is 4.79 Å². The van der Waals surface area contributed by atoms with Crippen LogP contribution in [0.3, 0.4) is 0 Å². The second kappa shape index (κ2) is 10.0. The molecule has 0 spiro atoms. The van der Waals surface area contributed by atoms with Crippen molar-refractivity contribution >= 4 is 11.7 Å². The summed E-state index contributed by atoms with van der Waals surface area (Å²) in [6, 6.07) is 16.6. The fourth-order valence-electron chi connectivity index (χ4n) is 4.55. The van der Waals surface area contributed by atoms with Crippen LogP contribution in [-0.2, 0) is 24.3 Å². The van der Waals surface area contributed by atoms with Gasteiger partial charge in [0.2, 0.25) is 5.91 Å². The van der Waals surface area contributed by atoms with Gasteiger partial charge in [0.15, 0.2) is 5.82 Å². The number of fused-ring (bicyclic) bond motifs is 1. The van der Waals surface area contributed by atoms with Crippen molar-refractivity contribution in [2.75, 3.05) is 25.5 Å². The molecule has 4 aromatic rings.